The Morgan fingerprint density at radius 1 is 1.10 bits per heavy atom. The first-order valence-corrected chi connectivity index (χ1v) is 13.4. The van der Waals surface area contributed by atoms with E-state index in [-0.39, 0.29) is 24.8 Å². The van der Waals surface area contributed by atoms with Crippen molar-refractivity contribution in [3.8, 4) is 5.75 Å². The van der Waals surface area contributed by atoms with E-state index in [1.165, 1.54) is 15.8 Å². The molecular weight excluding hydrogens is 496 g/mol. The van der Waals surface area contributed by atoms with E-state index in [9.17, 15) is 9.59 Å². The Balaban J connectivity index is 1.68. The third-order valence-electron chi connectivity index (χ3n) is 6.62. The molecule has 1 N–H and O–H groups in total. The predicted molar refractivity (Wildman–Crippen MR) is 149 cm³/mol. The van der Waals surface area contributed by atoms with Crippen LogP contribution >= 0.6 is 0 Å². The van der Waals surface area contributed by atoms with Gasteiger partial charge in [0, 0.05) is 29.6 Å². The summed E-state index contributed by atoms with van der Waals surface area (Å²) >= 11 is 0. The summed E-state index contributed by atoms with van der Waals surface area (Å²) in [6.45, 7) is 9.63. The third-order valence-corrected chi connectivity index (χ3v) is 6.62. The molecule has 2 aromatic carbocycles. The van der Waals surface area contributed by atoms with E-state index in [2.05, 4.69) is 56.6 Å². The highest BCUT2D eigenvalue weighted by Crippen LogP contribution is 2.26. The highest BCUT2D eigenvalue weighted by atomic mass is 16.5. The van der Waals surface area contributed by atoms with Crippen LogP contribution in [-0.4, -0.2) is 55.8 Å². The molecule has 0 unspecified atom stereocenters. The number of ether oxygens (including phenoxy) is 2. The Morgan fingerprint density at radius 3 is 2.69 bits per heavy atom. The second-order valence-electron chi connectivity index (χ2n) is 9.44. The zero-order chi connectivity index (χ0) is 27.8. The average Bonchev–Trinajstić information content (AvgIpc) is 3.36. The van der Waals surface area contributed by atoms with Crippen molar-refractivity contribution >= 4 is 16.9 Å². The summed E-state index contributed by atoms with van der Waals surface area (Å²) in [5, 5.41) is 13.1. The summed E-state index contributed by atoms with van der Waals surface area (Å²) < 4.78 is 12.3. The lowest BCUT2D eigenvalue weighted by molar-refractivity contribution is -0.144. The lowest BCUT2D eigenvalue weighted by Gasteiger charge is -2.30. The third kappa shape index (κ3) is 7.08. The number of fused-ring (bicyclic) bond motifs is 1. The molecule has 10 nitrogen and oxygen atoms in total. The Morgan fingerprint density at radius 2 is 1.95 bits per heavy atom. The lowest BCUT2D eigenvalue weighted by Crippen LogP contribution is -2.34. The number of nitrogens with one attached hydrogen (secondary N) is 1. The van der Waals surface area contributed by atoms with Crippen molar-refractivity contribution < 1.29 is 14.3 Å². The molecule has 0 radical (unpaired) electrons. The minimum absolute atomic E-state index is 0.0742. The van der Waals surface area contributed by atoms with Crippen molar-refractivity contribution in [3.63, 3.8) is 0 Å². The molecule has 0 spiro atoms. The molecule has 206 valence electrons. The van der Waals surface area contributed by atoms with Crippen molar-refractivity contribution in [2.45, 2.75) is 59.7 Å². The zero-order valence-electron chi connectivity index (χ0n) is 23.0. The SMILES string of the molecule is CCOC(=O)Cn1nnnc1[C@H](CC)N(CCc1cccc(C)c1)Cc1cc2cc(OCC)ccc2[nH]c1=O. The molecule has 1 atom stereocenters. The second kappa shape index (κ2) is 13.1. The van der Waals surface area contributed by atoms with E-state index >= 15 is 0 Å². The molecule has 4 rings (SSSR count). The number of carbonyl (C=O) groups excluding carboxylic acids is 1. The molecule has 0 amide bonds. The number of hydrogen-bond donors (Lipinski definition) is 1. The van der Waals surface area contributed by atoms with Gasteiger partial charge in [-0.1, -0.05) is 36.8 Å². The van der Waals surface area contributed by atoms with Crippen molar-refractivity contribution in [1.29, 1.82) is 0 Å². The summed E-state index contributed by atoms with van der Waals surface area (Å²) in [6.07, 6.45) is 1.45. The largest absolute Gasteiger partial charge is 0.494 e. The van der Waals surface area contributed by atoms with Crippen LogP contribution in [-0.2, 0) is 29.0 Å². The molecular formula is C29H36N6O4. The number of tetrazole rings is 1. The number of aromatic nitrogens is 5. The molecule has 0 aliphatic rings. The normalized spacial score (nSPS) is 12.1. The van der Waals surface area contributed by atoms with Gasteiger partial charge >= 0.3 is 5.97 Å². The van der Waals surface area contributed by atoms with E-state index in [1.807, 2.05) is 38.1 Å². The van der Waals surface area contributed by atoms with Crippen molar-refractivity contribution in [2.75, 3.05) is 19.8 Å². The van der Waals surface area contributed by atoms with Gasteiger partial charge in [0.2, 0.25) is 0 Å². The highest BCUT2D eigenvalue weighted by Gasteiger charge is 2.26. The van der Waals surface area contributed by atoms with Gasteiger partial charge in [-0.25, -0.2) is 4.68 Å². The fourth-order valence-electron chi connectivity index (χ4n) is 4.80. The van der Waals surface area contributed by atoms with Gasteiger partial charge in [-0.2, -0.15) is 0 Å². The van der Waals surface area contributed by atoms with Gasteiger partial charge in [-0.3, -0.25) is 14.5 Å². The zero-order valence-corrected chi connectivity index (χ0v) is 23.0. The quantitative estimate of drug-likeness (QED) is 0.257. The van der Waals surface area contributed by atoms with Crippen LogP contribution in [0.15, 0.2) is 53.3 Å². The Bertz CT molecular complexity index is 1460. The maximum Gasteiger partial charge on any atom is 0.327 e. The molecule has 2 heterocycles. The van der Waals surface area contributed by atoms with Crippen LogP contribution in [0.2, 0.25) is 0 Å². The summed E-state index contributed by atoms with van der Waals surface area (Å²) in [5.74, 6) is 0.915. The topological polar surface area (TPSA) is 115 Å². The molecule has 0 aliphatic heterocycles. The van der Waals surface area contributed by atoms with Gasteiger partial charge < -0.3 is 14.5 Å². The predicted octanol–water partition coefficient (Wildman–Crippen LogP) is 3.98. The number of nitrogens with zero attached hydrogens (tertiary/aromatic N) is 5. The smallest absolute Gasteiger partial charge is 0.327 e. The van der Waals surface area contributed by atoms with Crippen LogP contribution in [0.4, 0.5) is 0 Å². The van der Waals surface area contributed by atoms with Gasteiger partial charge in [0.15, 0.2) is 5.82 Å². The lowest BCUT2D eigenvalue weighted by atomic mass is 10.1. The van der Waals surface area contributed by atoms with E-state index in [0.717, 1.165) is 23.1 Å². The number of carbonyl (C=O) groups is 1. The van der Waals surface area contributed by atoms with Crippen molar-refractivity contribution in [3.05, 3.63) is 81.4 Å². The molecule has 0 saturated heterocycles. The Hall–Kier alpha value is -4.05. The number of benzene rings is 2. The first-order valence-electron chi connectivity index (χ1n) is 13.4. The second-order valence-corrected chi connectivity index (χ2v) is 9.44. The molecule has 39 heavy (non-hydrogen) atoms. The fraction of sp³-hybridized carbons (Fsp3) is 0.414. The van der Waals surface area contributed by atoms with Crippen LogP contribution in [0.1, 0.15) is 55.7 Å². The number of aromatic amines is 1. The molecule has 0 fully saturated rings. The standard InChI is InChI=1S/C29H36N6O4/c1-5-26(28-31-32-33-35(28)19-27(36)39-7-3)34(14-13-21-10-8-9-20(4)15-21)18-23-16-22-17-24(38-6-2)11-12-25(22)30-29(23)37/h8-12,15-17,26H,5-7,13-14,18-19H2,1-4H3,(H,30,37)/t26-/m0/s1. The van der Waals surface area contributed by atoms with E-state index in [4.69, 9.17) is 9.47 Å². The minimum Gasteiger partial charge on any atom is -0.494 e. The fourth-order valence-corrected chi connectivity index (χ4v) is 4.80. The van der Waals surface area contributed by atoms with Crippen LogP contribution in [0.3, 0.4) is 0 Å². The van der Waals surface area contributed by atoms with Crippen LogP contribution in [0, 0.1) is 6.92 Å². The molecule has 4 aromatic rings. The number of hydrogen-bond acceptors (Lipinski definition) is 8. The summed E-state index contributed by atoms with van der Waals surface area (Å²) in [6, 6.07) is 15.7. The van der Waals surface area contributed by atoms with E-state index in [1.54, 1.807) is 6.92 Å². The highest BCUT2D eigenvalue weighted by molar-refractivity contribution is 5.80. The number of aryl methyl sites for hydroxylation is 1. The van der Waals surface area contributed by atoms with Crippen LogP contribution in [0.5, 0.6) is 5.75 Å². The summed E-state index contributed by atoms with van der Waals surface area (Å²) in [4.78, 5) is 30.6. The van der Waals surface area contributed by atoms with E-state index in [0.29, 0.717) is 37.5 Å². The van der Waals surface area contributed by atoms with Crippen LogP contribution < -0.4 is 10.3 Å². The molecule has 0 bridgehead atoms. The van der Waals surface area contributed by atoms with Crippen molar-refractivity contribution in [1.82, 2.24) is 30.1 Å². The van der Waals surface area contributed by atoms with Gasteiger partial charge in [-0.15, -0.1) is 5.10 Å². The number of esters is 1. The minimum atomic E-state index is -0.400. The van der Waals surface area contributed by atoms with Gasteiger partial charge in [0.05, 0.1) is 19.3 Å². The van der Waals surface area contributed by atoms with E-state index < -0.39 is 5.97 Å². The van der Waals surface area contributed by atoms with Crippen LogP contribution in [0.25, 0.3) is 10.9 Å². The Kier molecular flexibility index (Phi) is 9.43. The van der Waals surface area contributed by atoms with Gasteiger partial charge in [-0.05, 0) is 73.9 Å². The molecule has 0 aliphatic carbocycles. The number of rotatable bonds is 13. The summed E-state index contributed by atoms with van der Waals surface area (Å²) in [5.41, 5.74) is 3.63. The number of pyridine rings is 1. The van der Waals surface area contributed by atoms with Gasteiger partial charge in [0.1, 0.15) is 12.3 Å². The Labute approximate surface area is 227 Å². The maximum atomic E-state index is 13.2. The van der Waals surface area contributed by atoms with Crippen molar-refractivity contribution in [2.24, 2.45) is 0 Å². The maximum absolute atomic E-state index is 13.2. The number of H-pyrrole nitrogens is 1. The molecule has 10 heteroatoms. The monoisotopic (exact) mass is 532 g/mol. The molecule has 2 aromatic heterocycles. The molecule has 0 saturated carbocycles. The first-order chi connectivity index (χ1) is 18.9. The first kappa shape index (κ1) is 28.0. The van der Waals surface area contributed by atoms with Gasteiger partial charge in [0.25, 0.3) is 5.56 Å². The average molecular weight is 533 g/mol. The summed E-state index contributed by atoms with van der Waals surface area (Å²) in [7, 11) is 0.